The highest BCUT2D eigenvalue weighted by molar-refractivity contribution is 5.86. The minimum atomic E-state index is -0.275. The second-order valence-corrected chi connectivity index (χ2v) is 9.44. The number of aryl methyl sites for hydroxylation is 1. The molecule has 0 spiro atoms. The lowest BCUT2D eigenvalue weighted by Crippen LogP contribution is -2.64. The Labute approximate surface area is 161 Å². The number of likely N-dealkylation sites (tertiary alicyclic amines) is 1. The summed E-state index contributed by atoms with van der Waals surface area (Å²) in [7, 11) is 1.67. The van der Waals surface area contributed by atoms with Crippen molar-refractivity contribution in [1.29, 1.82) is 0 Å². The molecule has 1 unspecified atom stereocenters. The summed E-state index contributed by atoms with van der Waals surface area (Å²) >= 11 is 0. The van der Waals surface area contributed by atoms with Gasteiger partial charge in [-0.2, -0.15) is 0 Å². The van der Waals surface area contributed by atoms with Gasteiger partial charge in [0.05, 0.1) is 0 Å². The van der Waals surface area contributed by atoms with Crippen molar-refractivity contribution in [1.82, 2.24) is 4.90 Å². The van der Waals surface area contributed by atoms with E-state index >= 15 is 0 Å². The van der Waals surface area contributed by atoms with E-state index in [1.54, 1.807) is 7.11 Å². The Kier molecular flexibility index (Phi) is 4.14. The average Bonchev–Trinajstić information content (AvgIpc) is 2.61. The van der Waals surface area contributed by atoms with Crippen molar-refractivity contribution in [2.75, 3.05) is 20.2 Å². The molecular formula is C23H31NO3. The van der Waals surface area contributed by atoms with Crippen LogP contribution >= 0.6 is 0 Å². The first-order valence-corrected chi connectivity index (χ1v) is 10.6. The molecule has 1 saturated heterocycles. The van der Waals surface area contributed by atoms with Crippen molar-refractivity contribution in [3.05, 3.63) is 28.8 Å². The Morgan fingerprint density at radius 2 is 2.15 bits per heavy atom. The maximum atomic E-state index is 12.9. The molecule has 27 heavy (non-hydrogen) atoms. The molecule has 1 heterocycles. The second-order valence-electron chi connectivity index (χ2n) is 9.44. The van der Waals surface area contributed by atoms with Crippen LogP contribution in [-0.2, 0) is 21.4 Å². The number of nitrogens with zero attached hydrogens (tertiary/aromatic N) is 1. The third-order valence-corrected chi connectivity index (χ3v) is 8.20. The van der Waals surface area contributed by atoms with E-state index in [0.29, 0.717) is 24.1 Å². The first kappa shape index (κ1) is 17.7. The summed E-state index contributed by atoms with van der Waals surface area (Å²) in [6.07, 6.45) is 7.14. The number of ether oxygens (including phenoxy) is 1. The molecule has 2 bridgehead atoms. The maximum absolute atomic E-state index is 12.9. The first-order valence-electron chi connectivity index (χ1n) is 10.6. The molecule has 4 atom stereocenters. The van der Waals surface area contributed by atoms with Crippen LogP contribution in [-0.4, -0.2) is 48.1 Å². The van der Waals surface area contributed by atoms with Crippen molar-refractivity contribution in [2.24, 2.45) is 11.8 Å². The van der Waals surface area contributed by atoms with E-state index in [0.717, 1.165) is 42.9 Å². The summed E-state index contributed by atoms with van der Waals surface area (Å²) in [5.41, 5.74) is 3.09. The van der Waals surface area contributed by atoms with Gasteiger partial charge in [-0.15, -0.1) is 0 Å². The number of Topliss-reactive ketones (excluding diaryl/α,β-unsaturated/α-hetero) is 1. The van der Waals surface area contributed by atoms with Crippen LogP contribution in [0.15, 0.2) is 12.1 Å². The fourth-order valence-electron chi connectivity index (χ4n) is 6.53. The van der Waals surface area contributed by atoms with Crippen LogP contribution in [0.1, 0.15) is 55.2 Å². The van der Waals surface area contributed by atoms with Gasteiger partial charge >= 0.3 is 0 Å². The molecule has 3 fully saturated rings. The van der Waals surface area contributed by atoms with Crippen LogP contribution in [0, 0.1) is 18.8 Å². The largest absolute Gasteiger partial charge is 0.507 e. The number of benzene rings is 1. The van der Waals surface area contributed by atoms with Crippen molar-refractivity contribution in [3.8, 4) is 5.75 Å². The van der Waals surface area contributed by atoms with Crippen LogP contribution in [0.3, 0.4) is 0 Å². The highest BCUT2D eigenvalue weighted by Crippen LogP contribution is 2.58. The van der Waals surface area contributed by atoms with Gasteiger partial charge in [0.1, 0.15) is 11.9 Å². The van der Waals surface area contributed by atoms with Crippen LogP contribution in [0.5, 0.6) is 5.75 Å². The molecular weight excluding hydrogens is 338 g/mol. The zero-order valence-electron chi connectivity index (χ0n) is 16.5. The maximum Gasteiger partial charge on any atom is 0.162 e. The number of carbonyl (C=O) groups is 1. The van der Waals surface area contributed by atoms with Gasteiger partial charge in [-0.1, -0.05) is 18.6 Å². The van der Waals surface area contributed by atoms with Crippen LogP contribution in [0.2, 0.25) is 0 Å². The van der Waals surface area contributed by atoms with E-state index in [1.165, 1.54) is 31.4 Å². The summed E-state index contributed by atoms with van der Waals surface area (Å²) in [4.78, 5) is 15.6. The second kappa shape index (κ2) is 6.31. The first-order chi connectivity index (χ1) is 13.0. The topological polar surface area (TPSA) is 49.8 Å². The Morgan fingerprint density at radius 3 is 2.85 bits per heavy atom. The summed E-state index contributed by atoms with van der Waals surface area (Å²) in [6, 6.07) is 4.72. The molecule has 0 radical (unpaired) electrons. The van der Waals surface area contributed by atoms with E-state index in [4.69, 9.17) is 4.74 Å². The Bertz CT molecular complexity index is 771. The fourth-order valence-corrected chi connectivity index (χ4v) is 6.53. The number of phenols is 1. The van der Waals surface area contributed by atoms with Crippen molar-refractivity contribution >= 4 is 5.78 Å². The summed E-state index contributed by atoms with van der Waals surface area (Å²) in [5.74, 6) is 1.91. The van der Waals surface area contributed by atoms with E-state index in [-0.39, 0.29) is 17.3 Å². The molecule has 1 aromatic rings. The zero-order valence-corrected chi connectivity index (χ0v) is 16.5. The van der Waals surface area contributed by atoms with E-state index in [2.05, 4.69) is 11.0 Å². The molecule has 0 aromatic heterocycles. The molecule has 0 amide bonds. The highest BCUT2D eigenvalue weighted by Gasteiger charge is 2.58. The molecule has 4 nitrogen and oxygen atoms in total. The summed E-state index contributed by atoms with van der Waals surface area (Å²) in [6.45, 7) is 4.23. The number of hydrogen-bond acceptors (Lipinski definition) is 4. The van der Waals surface area contributed by atoms with E-state index < -0.39 is 0 Å². The third kappa shape index (κ3) is 2.52. The lowest BCUT2D eigenvalue weighted by molar-refractivity contribution is -0.142. The molecule has 146 valence electrons. The van der Waals surface area contributed by atoms with Crippen LogP contribution < -0.4 is 0 Å². The molecule has 1 aliphatic heterocycles. The SMILES string of the molecule is COC1C[C@@H]2[C@@H]3Cc4ccc(C)c(O)c4[C@]2(CCN3CC2CCC2)CC1=O. The molecule has 4 aliphatic rings. The number of carbonyl (C=O) groups excluding carboxylic acids is 1. The predicted molar refractivity (Wildman–Crippen MR) is 104 cm³/mol. The number of aromatic hydroxyl groups is 1. The van der Waals surface area contributed by atoms with E-state index in [9.17, 15) is 9.90 Å². The minimum Gasteiger partial charge on any atom is -0.507 e. The van der Waals surface area contributed by atoms with E-state index in [1.807, 2.05) is 13.0 Å². The van der Waals surface area contributed by atoms with Crippen LogP contribution in [0.25, 0.3) is 0 Å². The fraction of sp³-hybridized carbons (Fsp3) is 0.696. The Balaban J connectivity index is 1.59. The number of hydrogen-bond donors (Lipinski definition) is 1. The standard InChI is InChI=1S/C23H31NO3/c1-14-6-7-16-10-18-17-11-20(27-2)19(25)12-23(17,21(16)22(14)26)8-9-24(18)13-15-4-3-5-15/h6-7,15,17-18,20,26H,3-5,8-13H2,1-2H3/t17-,18+,20?,23-/m1/s1. The molecule has 2 saturated carbocycles. The van der Waals surface area contributed by atoms with Gasteiger partial charge in [0.2, 0.25) is 0 Å². The Hall–Kier alpha value is -1.39. The van der Waals surface area contributed by atoms with Gasteiger partial charge in [-0.25, -0.2) is 0 Å². The number of rotatable bonds is 3. The highest BCUT2D eigenvalue weighted by atomic mass is 16.5. The lowest BCUT2D eigenvalue weighted by atomic mass is 9.51. The van der Waals surface area contributed by atoms with Gasteiger partial charge < -0.3 is 9.84 Å². The smallest absolute Gasteiger partial charge is 0.162 e. The molecule has 3 aliphatic carbocycles. The van der Waals surface area contributed by atoms with Crippen molar-refractivity contribution in [3.63, 3.8) is 0 Å². The number of piperidine rings is 1. The summed E-state index contributed by atoms with van der Waals surface area (Å²) < 4.78 is 5.57. The number of ketones is 1. The monoisotopic (exact) mass is 369 g/mol. The van der Waals surface area contributed by atoms with Gasteiger partial charge in [0.25, 0.3) is 0 Å². The average molecular weight is 370 g/mol. The number of phenolic OH excluding ortho intramolecular Hbond substituents is 1. The van der Waals surface area contributed by atoms with Crippen molar-refractivity contribution < 1.29 is 14.6 Å². The van der Waals surface area contributed by atoms with Gasteiger partial charge in [0.15, 0.2) is 5.78 Å². The molecule has 1 N–H and O–H groups in total. The normalized spacial score (nSPS) is 36.1. The van der Waals surface area contributed by atoms with Gasteiger partial charge in [-0.3, -0.25) is 9.69 Å². The molecule has 4 heteroatoms. The number of fused-ring (bicyclic) bond motifs is 1. The Morgan fingerprint density at radius 1 is 1.33 bits per heavy atom. The van der Waals surface area contributed by atoms with Crippen molar-refractivity contribution in [2.45, 2.75) is 69.4 Å². The van der Waals surface area contributed by atoms with Gasteiger partial charge in [0, 0.05) is 37.1 Å². The summed E-state index contributed by atoms with van der Waals surface area (Å²) in [5, 5.41) is 11.0. The zero-order chi connectivity index (χ0) is 18.8. The minimum absolute atomic E-state index is 0.198. The third-order valence-electron chi connectivity index (χ3n) is 8.20. The quantitative estimate of drug-likeness (QED) is 0.888. The molecule has 1 aromatic carbocycles. The predicted octanol–water partition coefficient (Wildman–Crippen LogP) is 3.36. The lowest BCUT2D eigenvalue weighted by Gasteiger charge is -2.60. The number of methoxy groups -OCH3 is 1. The molecule has 5 rings (SSSR count). The van der Waals surface area contributed by atoms with Crippen LogP contribution in [0.4, 0.5) is 0 Å². The van der Waals surface area contributed by atoms with Gasteiger partial charge in [-0.05, 0) is 68.5 Å².